The predicted octanol–water partition coefficient (Wildman–Crippen LogP) is 3.86. The van der Waals surface area contributed by atoms with Crippen molar-refractivity contribution in [2.75, 3.05) is 12.9 Å². The first kappa shape index (κ1) is 20.6. The molecule has 0 unspecified atom stereocenters. The summed E-state index contributed by atoms with van der Waals surface area (Å²) in [5, 5.41) is 9.42. The second kappa shape index (κ2) is 7.87. The van der Waals surface area contributed by atoms with Gasteiger partial charge in [0, 0.05) is 12.7 Å². The number of carbonyl (C=O) groups is 1. The van der Waals surface area contributed by atoms with Crippen LogP contribution in [-0.2, 0) is 14.1 Å². The third-order valence-corrected chi connectivity index (χ3v) is 5.60. The smallest absolute Gasteiger partial charge is 0.491 e. The zero-order valence-electron chi connectivity index (χ0n) is 16.1. The van der Waals surface area contributed by atoms with E-state index in [1.165, 1.54) is 18.7 Å². The van der Waals surface area contributed by atoms with Crippen LogP contribution in [0.4, 0.5) is 0 Å². The van der Waals surface area contributed by atoms with Crippen LogP contribution in [-0.4, -0.2) is 36.3 Å². The molecule has 2 rings (SSSR count). The third-order valence-electron chi connectivity index (χ3n) is 4.72. The van der Waals surface area contributed by atoms with Crippen molar-refractivity contribution in [3.05, 3.63) is 34.8 Å². The summed E-state index contributed by atoms with van der Waals surface area (Å²) in [6.45, 7) is 9.45. The van der Waals surface area contributed by atoms with Gasteiger partial charge < -0.3 is 14.0 Å². The van der Waals surface area contributed by atoms with E-state index < -0.39 is 18.3 Å². The number of nitriles is 1. The molecule has 0 saturated carbocycles. The molecule has 0 spiro atoms. The van der Waals surface area contributed by atoms with Crippen molar-refractivity contribution in [3.63, 3.8) is 0 Å². The van der Waals surface area contributed by atoms with Gasteiger partial charge >= 0.3 is 7.12 Å². The fraction of sp³-hybridized carbons (Fsp3) is 0.474. The van der Waals surface area contributed by atoms with Crippen LogP contribution in [0.5, 0.6) is 5.75 Å². The molecule has 0 radical (unpaired) electrons. The molecule has 0 atom stereocenters. The van der Waals surface area contributed by atoms with Crippen LogP contribution in [0.1, 0.15) is 45.7 Å². The molecule has 1 aromatic rings. The van der Waals surface area contributed by atoms with Crippen molar-refractivity contribution in [1.29, 1.82) is 5.26 Å². The highest BCUT2D eigenvalue weighted by Gasteiger charge is 2.52. The van der Waals surface area contributed by atoms with Gasteiger partial charge in [0.15, 0.2) is 5.12 Å². The molecule has 0 bridgehead atoms. The lowest BCUT2D eigenvalue weighted by molar-refractivity contribution is -0.109. The van der Waals surface area contributed by atoms with E-state index >= 15 is 0 Å². The molecule has 1 aliphatic heterocycles. The van der Waals surface area contributed by atoms with Gasteiger partial charge in [-0.1, -0.05) is 17.8 Å². The first-order chi connectivity index (χ1) is 12.1. The number of hydrogen-bond donors (Lipinski definition) is 0. The summed E-state index contributed by atoms with van der Waals surface area (Å²) in [6, 6.07) is 7.44. The molecule has 0 aromatic heterocycles. The van der Waals surface area contributed by atoms with Crippen LogP contribution in [0.3, 0.4) is 0 Å². The number of ether oxygens (including phenoxy) is 1. The van der Waals surface area contributed by atoms with Gasteiger partial charge in [0.2, 0.25) is 0 Å². The quantitative estimate of drug-likeness (QED) is 0.730. The van der Waals surface area contributed by atoms with Gasteiger partial charge in [0.1, 0.15) is 5.75 Å². The molecule has 1 heterocycles. The van der Waals surface area contributed by atoms with Gasteiger partial charge in [-0.25, -0.2) is 0 Å². The zero-order valence-corrected chi connectivity index (χ0v) is 16.9. The van der Waals surface area contributed by atoms with Gasteiger partial charge in [-0.05, 0) is 56.9 Å². The predicted molar refractivity (Wildman–Crippen MR) is 105 cm³/mol. The monoisotopic (exact) mass is 373 g/mol. The summed E-state index contributed by atoms with van der Waals surface area (Å²) in [5.41, 5.74) is 1.07. The highest BCUT2D eigenvalue weighted by molar-refractivity contribution is 8.13. The van der Waals surface area contributed by atoms with Gasteiger partial charge in [-0.3, -0.25) is 4.79 Å². The fourth-order valence-electron chi connectivity index (χ4n) is 2.45. The molecule has 26 heavy (non-hydrogen) atoms. The van der Waals surface area contributed by atoms with Crippen LogP contribution in [0, 0.1) is 11.3 Å². The molecule has 1 aliphatic rings. The molecule has 0 amide bonds. The minimum atomic E-state index is -0.579. The molecule has 1 fully saturated rings. The van der Waals surface area contributed by atoms with Gasteiger partial charge in [0.05, 0.1) is 29.9 Å². The number of methoxy groups -OCH3 is 1. The minimum Gasteiger partial charge on any atom is -0.497 e. The number of carbonyl (C=O) groups excluding carboxylic acids is 1. The Hall–Kier alpha value is -1.75. The van der Waals surface area contributed by atoms with Crippen LogP contribution >= 0.6 is 11.8 Å². The Balaban J connectivity index is 2.44. The Bertz CT molecular complexity index is 751. The summed E-state index contributed by atoms with van der Waals surface area (Å²) < 4.78 is 17.5. The average molecular weight is 373 g/mol. The molecule has 0 aliphatic carbocycles. The van der Waals surface area contributed by atoms with Crippen molar-refractivity contribution >= 4 is 30.1 Å². The Labute approximate surface area is 159 Å². The summed E-state index contributed by atoms with van der Waals surface area (Å²) in [7, 11) is 1.000. The molecule has 5 nitrogen and oxygen atoms in total. The number of nitrogens with zero attached hydrogens (tertiary/aromatic N) is 1. The number of thioether (sulfide) groups is 1. The number of benzene rings is 1. The summed E-state index contributed by atoms with van der Waals surface area (Å²) >= 11 is 1.19. The lowest BCUT2D eigenvalue weighted by atomic mass is 9.78. The summed E-state index contributed by atoms with van der Waals surface area (Å²) in [4.78, 5) is 11.5. The molecule has 1 aromatic carbocycles. The van der Waals surface area contributed by atoms with Crippen LogP contribution in [0.25, 0.3) is 6.08 Å². The van der Waals surface area contributed by atoms with E-state index in [0.717, 1.165) is 5.47 Å². The largest absolute Gasteiger partial charge is 0.497 e. The minimum absolute atomic E-state index is 0.0126. The van der Waals surface area contributed by atoms with Crippen LogP contribution in [0.15, 0.2) is 23.7 Å². The van der Waals surface area contributed by atoms with Crippen molar-refractivity contribution in [3.8, 4) is 11.8 Å². The van der Waals surface area contributed by atoms with E-state index in [2.05, 4.69) is 6.07 Å². The standard InChI is InChI=1S/C19H24BNO4S/c1-13(22)26-12-16(20-24-18(2,3)19(4,5)25-20)9-15-10-17(23-6)8-7-14(15)11-21/h7-10H,12H2,1-6H3. The SMILES string of the molecule is COc1ccc(C#N)c(C=C(CSC(C)=O)B2OC(C)(C)C(C)(C)O2)c1. The van der Waals surface area contributed by atoms with Crippen LogP contribution < -0.4 is 4.74 Å². The van der Waals surface area contributed by atoms with E-state index in [4.69, 9.17) is 14.0 Å². The zero-order chi connectivity index (χ0) is 19.5. The molecule has 7 heteroatoms. The Morgan fingerprint density at radius 2 is 1.92 bits per heavy atom. The van der Waals surface area contributed by atoms with E-state index in [-0.39, 0.29) is 5.12 Å². The van der Waals surface area contributed by atoms with Crippen molar-refractivity contribution in [2.24, 2.45) is 0 Å². The molecular formula is C19H24BNO4S. The second-order valence-electron chi connectivity index (χ2n) is 7.15. The number of hydrogen-bond acceptors (Lipinski definition) is 6. The maximum atomic E-state index is 11.5. The first-order valence-corrected chi connectivity index (χ1v) is 9.36. The summed E-state index contributed by atoms with van der Waals surface area (Å²) in [5.74, 6) is 1.08. The van der Waals surface area contributed by atoms with E-state index in [1.807, 2.05) is 33.8 Å². The molecule has 138 valence electrons. The van der Waals surface area contributed by atoms with Gasteiger partial charge in [0.25, 0.3) is 0 Å². The Morgan fingerprint density at radius 1 is 1.31 bits per heavy atom. The fourth-order valence-corrected chi connectivity index (χ4v) is 3.04. The lowest BCUT2D eigenvalue weighted by Crippen LogP contribution is -2.41. The third kappa shape index (κ3) is 4.50. The number of rotatable bonds is 5. The van der Waals surface area contributed by atoms with Crippen LogP contribution in [0.2, 0.25) is 0 Å². The molecule has 0 N–H and O–H groups in total. The van der Waals surface area contributed by atoms with E-state index in [0.29, 0.717) is 22.6 Å². The average Bonchev–Trinajstić information content (AvgIpc) is 2.78. The van der Waals surface area contributed by atoms with Gasteiger partial charge in [-0.2, -0.15) is 5.26 Å². The van der Waals surface area contributed by atoms with E-state index in [1.54, 1.807) is 25.3 Å². The maximum absolute atomic E-state index is 11.5. The lowest BCUT2D eigenvalue weighted by Gasteiger charge is -2.32. The highest BCUT2D eigenvalue weighted by Crippen LogP contribution is 2.39. The maximum Gasteiger partial charge on any atom is 0.491 e. The van der Waals surface area contributed by atoms with E-state index in [9.17, 15) is 10.1 Å². The summed E-state index contributed by atoms with van der Waals surface area (Å²) in [6.07, 6.45) is 1.86. The normalized spacial score (nSPS) is 18.5. The van der Waals surface area contributed by atoms with Crippen molar-refractivity contribution in [2.45, 2.75) is 45.8 Å². The Kier molecular flexibility index (Phi) is 6.23. The first-order valence-electron chi connectivity index (χ1n) is 8.37. The molecule has 1 saturated heterocycles. The Morgan fingerprint density at radius 3 is 2.42 bits per heavy atom. The van der Waals surface area contributed by atoms with Gasteiger partial charge in [-0.15, -0.1) is 0 Å². The van der Waals surface area contributed by atoms with Crippen molar-refractivity contribution in [1.82, 2.24) is 0 Å². The second-order valence-corrected chi connectivity index (χ2v) is 8.31. The molecular weight excluding hydrogens is 349 g/mol. The van der Waals surface area contributed by atoms with Crippen molar-refractivity contribution < 1.29 is 18.8 Å². The highest BCUT2D eigenvalue weighted by atomic mass is 32.2. The topological polar surface area (TPSA) is 68.5 Å².